The lowest BCUT2D eigenvalue weighted by Crippen LogP contribution is -2.57. The molecule has 1 saturated heterocycles. The number of ether oxygens (including phenoxy) is 3. The summed E-state index contributed by atoms with van der Waals surface area (Å²) in [5.41, 5.74) is 2.12. The molecule has 14 heteroatoms. The molecule has 3 fully saturated rings. The Morgan fingerprint density at radius 1 is 1.08 bits per heavy atom. The molecule has 3 amide bonds. The van der Waals surface area contributed by atoms with Crippen LogP contribution in [0.4, 0.5) is 0 Å². The summed E-state index contributed by atoms with van der Waals surface area (Å²) in [7, 11) is -2.25. The summed E-state index contributed by atoms with van der Waals surface area (Å²) >= 11 is 0. The van der Waals surface area contributed by atoms with Crippen LogP contribution in [0.25, 0.3) is 22.3 Å². The summed E-state index contributed by atoms with van der Waals surface area (Å²) < 4.78 is 46.0. The average molecular weight is 732 g/mol. The molecule has 276 valence electrons. The predicted octanol–water partition coefficient (Wildman–Crippen LogP) is 3.90. The Morgan fingerprint density at radius 2 is 1.88 bits per heavy atom. The topological polar surface area (TPSA) is 166 Å². The van der Waals surface area contributed by atoms with Crippen LogP contribution in [0.3, 0.4) is 0 Å². The molecular formula is C38H45N5O8S. The number of fused-ring (bicyclic) bond motifs is 3. The van der Waals surface area contributed by atoms with Crippen molar-refractivity contribution in [1.29, 1.82) is 0 Å². The number of carbonyl (C=O) groups is 3. The number of carbonyl (C=O) groups excluding carboxylic acids is 3. The lowest BCUT2D eigenvalue weighted by molar-refractivity contribution is -0.147. The van der Waals surface area contributed by atoms with Crippen LogP contribution in [0.15, 0.2) is 48.6 Å². The van der Waals surface area contributed by atoms with E-state index in [1.54, 1.807) is 14.0 Å². The highest BCUT2D eigenvalue weighted by Gasteiger charge is 2.62. The molecule has 5 atom stereocenters. The van der Waals surface area contributed by atoms with Gasteiger partial charge in [-0.25, -0.2) is 13.4 Å². The first-order valence-electron chi connectivity index (χ1n) is 18.0. The molecule has 2 N–H and O–H groups in total. The zero-order chi connectivity index (χ0) is 36.8. The largest absolute Gasteiger partial charge is 0.496 e. The molecule has 2 saturated carbocycles. The molecule has 0 bridgehead atoms. The highest BCUT2D eigenvalue weighted by molar-refractivity contribution is 7.91. The van der Waals surface area contributed by atoms with Crippen molar-refractivity contribution in [3.8, 4) is 22.9 Å². The molecule has 0 radical (unpaired) electrons. The Kier molecular flexibility index (Phi) is 9.72. The SMILES string of the molecule is COc1ccc2c(O[C@@H]3C[C@H]4C(=O)N[C@]5(C(=O)NS(=O)(=O)C6CC6)C[C@H]5/C=C\CCCCO[C@H](C)C(=O)N4C3)cc(-c3cccc(C)n3)nc2c1C. The van der Waals surface area contributed by atoms with Crippen molar-refractivity contribution in [1.82, 2.24) is 24.9 Å². The molecule has 52 heavy (non-hydrogen) atoms. The van der Waals surface area contributed by atoms with E-state index in [0.717, 1.165) is 35.9 Å². The van der Waals surface area contributed by atoms with Crippen molar-refractivity contribution in [3.63, 3.8) is 0 Å². The van der Waals surface area contributed by atoms with Gasteiger partial charge in [0.15, 0.2) is 0 Å². The van der Waals surface area contributed by atoms with E-state index in [1.807, 2.05) is 62.4 Å². The Bertz CT molecular complexity index is 2050. The summed E-state index contributed by atoms with van der Waals surface area (Å²) in [4.78, 5) is 52.9. The number of amides is 3. The molecule has 1 aromatic carbocycles. The maximum absolute atomic E-state index is 14.3. The third kappa shape index (κ3) is 7.10. The van der Waals surface area contributed by atoms with Crippen LogP contribution in [-0.4, -0.2) is 90.3 Å². The van der Waals surface area contributed by atoms with Crippen molar-refractivity contribution >= 4 is 38.6 Å². The maximum Gasteiger partial charge on any atom is 0.259 e. The molecule has 3 aromatic rings. The van der Waals surface area contributed by atoms with Gasteiger partial charge in [-0.15, -0.1) is 0 Å². The quantitative estimate of drug-likeness (QED) is 0.341. The number of hydrogen-bond acceptors (Lipinski definition) is 10. The van der Waals surface area contributed by atoms with Crippen LogP contribution in [0.5, 0.6) is 11.5 Å². The molecule has 2 aromatic heterocycles. The Morgan fingerprint density at radius 3 is 2.63 bits per heavy atom. The summed E-state index contributed by atoms with van der Waals surface area (Å²) in [5, 5.41) is 3.04. The third-order valence-corrected chi connectivity index (χ3v) is 12.3. The maximum atomic E-state index is 14.3. The number of benzene rings is 1. The van der Waals surface area contributed by atoms with Gasteiger partial charge in [0, 0.05) is 41.7 Å². The smallest absolute Gasteiger partial charge is 0.259 e. The zero-order valence-electron chi connectivity index (χ0n) is 29.9. The minimum atomic E-state index is -3.85. The third-order valence-electron chi connectivity index (χ3n) is 10.5. The van der Waals surface area contributed by atoms with E-state index >= 15 is 0 Å². The van der Waals surface area contributed by atoms with Gasteiger partial charge >= 0.3 is 0 Å². The van der Waals surface area contributed by atoms with E-state index in [2.05, 4.69) is 15.0 Å². The van der Waals surface area contributed by atoms with E-state index in [9.17, 15) is 22.8 Å². The molecule has 4 aliphatic rings. The van der Waals surface area contributed by atoms with Crippen LogP contribution in [0.1, 0.15) is 63.1 Å². The van der Waals surface area contributed by atoms with Gasteiger partial charge in [-0.05, 0) is 83.6 Å². The highest BCUT2D eigenvalue weighted by Crippen LogP contribution is 2.46. The normalized spacial score (nSPS) is 27.4. The number of methoxy groups -OCH3 is 1. The number of nitrogens with zero attached hydrogens (tertiary/aromatic N) is 3. The van der Waals surface area contributed by atoms with E-state index < -0.39 is 50.9 Å². The summed E-state index contributed by atoms with van der Waals surface area (Å²) in [5.74, 6) is -0.890. The van der Waals surface area contributed by atoms with Gasteiger partial charge in [-0.1, -0.05) is 18.2 Å². The van der Waals surface area contributed by atoms with Gasteiger partial charge in [0.05, 0.1) is 35.8 Å². The monoisotopic (exact) mass is 731 g/mol. The van der Waals surface area contributed by atoms with Gasteiger partial charge in [-0.2, -0.15) is 0 Å². The predicted molar refractivity (Wildman–Crippen MR) is 193 cm³/mol. The second kappa shape index (κ2) is 14.1. The molecular weight excluding hydrogens is 687 g/mol. The Balaban J connectivity index is 1.21. The average Bonchev–Trinajstić information content (AvgIpc) is 4.04. The molecule has 0 spiro atoms. The number of rotatable bonds is 7. The number of hydrogen-bond donors (Lipinski definition) is 2. The standard InChI is InChI=1S/C38H45N5O8S/c1-22-10-9-12-29(39-22)30-19-33(28-15-16-32(49-4)23(2)34(28)40-30)51-26-18-31-35(44)41-38(37(46)42-52(47,48)27-13-14-27)20-25(38)11-7-5-6-8-17-50-24(3)36(45)43(31)21-26/h7,9-12,15-16,19,24-27,31H,5-6,8,13-14,17-18,20-21H2,1-4H3,(H,41,44)(H,42,46)/b11-7-/t24-,25-,26-,31+,38-/m1/s1. The van der Waals surface area contributed by atoms with Crippen LogP contribution < -0.4 is 19.5 Å². The van der Waals surface area contributed by atoms with Gasteiger partial charge < -0.3 is 24.4 Å². The number of aromatic nitrogens is 2. The number of nitrogens with one attached hydrogen (secondary N) is 2. The second-order valence-electron chi connectivity index (χ2n) is 14.3. The van der Waals surface area contributed by atoms with Crippen LogP contribution in [0.2, 0.25) is 0 Å². The Labute approximate surface area is 303 Å². The van der Waals surface area contributed by atoms with Crippen LogP contribution in [0, 0.1) is 19.8 Å². The summed E-state index contributed by atoms with van der Waals surface area (Å²) in [6, 6.07) is 10.2. The lowest BCUT2D eigenvalue weighted by atomic mass is 10.1. The fourth-order valence-electron chi connectivity index (χ4n) is 7.23. The van der Waals surface area contributed by atoms with Gasteiger partial charge in [0.25, 0.3) is 11.8 Å². The molecule has 2 aliphatic carbocycles. The zero-order valence-corrected chi connectivity index (χ0v) is 30.7. The fourth-order valence-corrected chi connectivity index (χ4v) is 8.59. The van der Waals surface area contributed by atoms with Crippen molar-refractivity contribution in [2.24, 2.45) is 5.92 Å². The highest BCUT2D eigenvalue weighted by atomic mass is 32.2. The van der Waals surface area contributed by atoms with E-state index in [0.29, 0.717) is 47.9 Å². The summed E-state index contributed by atoms with van der Waals surface area (Å²) in [6.45, 7) is 5.96. The van der Waals surface area contributed by atoms with Crippen molar-refractivity contribution < 1.29 is 37.0 Å². The minimum Gasteiger partial charge on any atom is -0.496 e. The molecule has 0 unspecified atom stereocenters. The van der Waals surface area contributed by atoms with Crippen molar-refractivity contribution in [3.05, 3.63) is 59.8 Å². The van der Waals surface area contributed by atoms with E-state index in [1.165, 1.54) is 4.90 Å². The van der Waals surface area contributed by atoms with Gasteiger partial charge in [0.2, 0.25) is 15.9 Å². The van der Waals surface area contributed by atoms with Crippen LogP contribution in [-0.2, 0) is 29.1 Å². The van der Waals surface area contributed by atoms with Crippen molar-refractivity contribution in [2.45, 2.75) is 94.8 Å². The number of pyridine rings is 2. The summed E-state index contributed by atoms with van der Waals surface area (Å²) in [6.07, 6.45) is 6.01. The number of allylic oxidation sites excluding steroid dienone is 1. The minimum absolute atomic E-state index is 0.0835. The number of aryl methyl sites for hydroxylation is 2. The molecule has 4 heterocycles. The first-order valence-corrected chi connectivity index (χ1v) is 19.5. The molecule has 13 nitrogen and oxygen atoms in total. The van der Waals surface area contributed by atoms with Crippen LogP contribution >= 0.6 is 0 Å². The lowest BCUT2D eigenvalue weighted by Gasteiger charge is -2.28. The Hall–Kier alpha value is -4.56. The molecule has 7 rings (SSSR count). The first-order chi connectivity index (χ1) is 24.9. The van der Waals surface area contributed by atoms with Crippen molar-refractivity contribution in [2.75, 3.05) is 20.3 Å². The van der Waals surface area contributed by atoms with Gasteiger partial charge in [-0.3, -0.25) is 24.1 Å². The number of sulfonamides is 1. The van der Waals surface area contributed by atoms with Gasteiger partial charge in [0.1, 0.15) is 35.3 Å². The second-order valence-corrected chi connectivity index (χ2v) is 16.3. The first kappa shape index (κ1) is 35.8. The van der Waals surface area contributed by atoms with E-state index in [-0.39, 0.29) is 31.2 Å². The molecule has 2 aliphatic heterocycles. The fraction of sp³-hybridized carbons (Fsp3) is 0.500. The van der Waals surface area contributed by atoms with E-state index in [4.69, 9.17) is 19.2 Å².